The highest BCUT2D eigenvalue weighted by atomic mass is 31.2. The van der Waals surface area contributed by atoms with Crippen LogP contribution in [0.15, 0.2) is 0 Å². The molecule has 0 aromatic rings. The second-order valence-electron chi connectivity index (χ2n) is 5.88. The van der Waals surface area contributed by atoms with E-state index in [4.69, 9.17) is 0 Å². The average molecular weight is 248 g/mol. The van der Waals surface area contributed by atoms with Crippen LogP contribution >= 0.6 is 15.8 Å². The average Bonchev–Trinajstić information content (AvgIpc) is 1.82. The van der Waals surface area contributed by atoms with Crippen LogP contribution in [0.3, 0.4) is 0 Å². The van der Waals surface area contributed by atoms with Crippen molar-refractivity contribution in [2.75, 3.05) is 19.2 Å². The minimum Gasteiger partial charge on any atom is -0.1000 e. The molecule has 2 atom stereocenters. The Balaban J connectivity index is -0.000000720. The van der Waals surface area contributed by atoms with Gasteiger partial charge in [-0.25, -0.2) is 0 Å². The van der Waals surface area contributed by atoms with Gasteiger partial charge in [-0.1, -0.05) is 57.4 Å². The van der Waals surface area contributed by atoms with E-state index in [1.165, 1.54) is 5.90 Å². The van der Waals surface area contributed by atoms with Crippen LogP contribution in [0, 0.1) is 0 Å². The minimum atomic E-state index is 0. The van der Waals surface area contributed by atoms with Crippen molar-refractivity contribution in [3.05, 3.63) is 0 Å². The van der Waals surface area contributed by atoms with E-state index in [2.05, 4.69) is 54.9 Å². The minimum absolute atomic E-state index is 0. The van der Waals surface area contributed by atoms with Gasteiger partial charge in [-0.15, -0.1) is 0 Å². The lowest BCUT2D eigenvalue weighted by molar-refractivity contribution is 0.778. The van der Waals surface area contributed by atoms with E-state index in [-0.39, 0.29) is 32.7 Å². The SMILES string of the molecule is B.B.CP(C[P@@](C)C(C)(C)C)C(C)(C)C. The molecule has 0 heterocycles. The van der Waals surface area contributed by atoms with Gasteiger partial charge in [0.1, 0.15) is 0 Å². The summed E-state index contributed by atoms with van der Waals surface area (Å²) in [6.07, 6.45) is 0. The van der Waals surface area contributed by atoms with Gasteiger partial charge in [0, 0.05) is 0 Å². The molecule has 0 bridgehead atoms. The summed E-state index contributed by atoms with van der Waals surface area (Å²) in [5, 5.41) is 1.08. The molecule has 0 radical (unpaired) electrons. The van der Waals surface area contributed by atoms with Crippen molar-refractivity contribution in [1.29, 1.82) is 0 Å². The Morgan fingerprint density at radius 3 is 1.00 bits per heavy atom. The van der Waals surface area contributed by atoms with Crippen LogP contribution in [-0.4, -0.2) is 46.4 Å². The molecule has 0 saturated carbocycles. The molecule has 0 rings (SSSR count). The molecular weight excluding hydrogens is 216 g/mol. The molecule has 0 spiro atoms. The quantitative estimate of drug-likeness (QED) is 0.520. The maximum atomic E-state index is 2.46. The van der Waals surface area contributed by atoms with Crippen molar-refractivity contribution in [2.45, 2.75) is 51.9 Å². The van der Waals surface area contributed by atoms with Crippen molar-refractivity contribution in [1.82, 2.24) is 0 Å². The second-order valence-corrected chi connectivity index (χ2v) is 12.5. The summed E-state index contributed by atoms with van der Waals surface area (Å²) in [5.74, 6) is 1.47. The Morgan fingerprint density at radius 1 is 0.667 bits per heavy atom. The van der Waals surface area contributed by atoms with Crippen molar-refractivity contribution in [2.24, 2.45) is 0 Å². The summed E-state index contributed by atoms with van der Waals surface area (Å²) >= 11 is 0. The Bertz CT molecular complexity index is 141. The molecule has 0 aliphatic rings. The summed E-state index contributed by atoms with van der Waals surface area (Å²) < 4.78 is 0. The van der Waals surface area contributed by atoms with E-state index in [9.17, 15) is 0 Å². The van der Waals surface area contributed by atoms with Gasteiger partial charge >= 0.3 is 0 Å². The fraction of sp³-hybridized carbons (Fsp3) is 1.00. The zero-order valence-corrected chi connectivity index (χ0v) is 12.4. The fourth-order valence-electron chi connectivity index (χ4n) is 0.742. The van der Waals surface area contributed by atoms with E-state index in [1.807, 2.05) is 0 Å². The number of hydrogen-bond acceptors (Lipinski definition) is 0. The summed E-state index contributed by atoms with van der Waals surface area (Å²) in [4.78, 5) is 0. The van der Waals surface area contributed by atoms with Crippen LogP contribution in [0.25, 0.3) is 0 Å². The second kappa shape index (κ2) is 7.34. The molecule has 0 fully saturated rings. The molecule has 0 N–H and O–H groups in total. The van der Waals surface area contributed by atoms with Crippen molar-refractivity contribution < 1.29 is 0 Å². The predicted molar refractivity (Wildman–Crippen MR) is 89.9 cm³/mol. The lowest BCUT2D eigenvalue weighted by Gasteiger charge is -2.35. The van der Waals surface area contributed by atoms with Gasteiger partial charge in [-0.3, -0.25) is 0 Å². The molecule has 0 nitrogen and oxygen atoms in total. The zero-order chi connectivity index (χ0) is 10.9. The first-order valence-electron chi connectivity index (χ1n) is 4.97. The van der Waals surface area contributed by atoms with Crippen molar-refractivity contribution in [3.8, 4) is 0 Å². The molecule has 15 heavy (non-hydrogen) atoms. The van der Waals surface area contributed by atoms with Crippen molar-refractivity contribution in [3.63, 3.8) is 0 Å². The first-order valence-corrected chi connectivity index (χ1v) is 8.92. The smallest absolute Gasteiger partial charge is 0.0814 e. The number of hydrogen-bond donors (Lipinski definition) is 0. The fourth-order valence-corrected chi connectivity index (χ4v) is 6.68. The normalized spacial score (nSPS) is 16.0. The third-order valence-corrected chi connectivity index (χ3v) is 10.7. The summed E-state index contributed by atoms with van der Waals surface area (Å²) in [6.45, 7) is 19.2. The van der Waals surface area contributed by atoms with Gasteiger partial charge in [-0.05, 0) is 29.5 Å². The van der Waals surface area contributed by atoms with Gasteiger partial charge in [-0.2, -0.15) is 0 Å². The molecule has 0 aliphatic carbocycles. The van der Waals surface area contributed by atoms with Crippen molar-refractivity contribution >= 4 is 32.7 Å². The van der Waals surface area contributed by atoms with E-state index in [0.717, 1.165) is 0 Å². The molecule has 0 aromatic carbocycles. The molecular formula is C11H32B2P2. The molecule has 0 saturated heterocycles. The van der Waals surface area contributed by atoms with Crippen LogP contribution in [0.4, 0.5) is 0 Å². The van der Waals surface area contributed by atoms with E-state index < -0.39 is 0 Å². The lowest BCUT2D eigenvalue weighted by Crippen LogP contribution is -2.17. The van der Waals surface area contributed by atoms with Gasteiger partial charge in [0.15, 0.2) is 0 Å². The largest absolute Gasteiger partial charge is 0.1000 e. The summed E-state index contributed by atoms with van der Waals surface area (Å²) in [5.41, 5.74) is 0. The lowest BCUT2D eigenvalue weighted by atomic mass is 10.3. The van der Waals surface area contributed by atoms with Crippen LogP contribution in [0.5, 0.6) is 0 Å². The van der Waals surface area contributed by atoms with Crippen LogP contribution < -0.4 is 0 Å². The highest BCUT2D eigenvalue weighted by molar-refractivity contribution is 7.75. The third kappa shape index (κ3) is 8.76. The van der Waals surface area contributed by atoms with Gasteiger partial charge in [0.2, 0.25) is 0 Å². The molecule has 92 valence electrons. The van der Waals surface area contributed by atoms with E-state index in [0.29, 0.717) is 10.3 Å². The van der Waals surface area contributed by atoms with Gasteiger partial charge in [0.25, 0.3) is 0 Å². The van der Waals surface area contributed by atoms with E-state index in [1.54, 1.807) is 0 Å². The topological polar surface area (TPSA) is 0 Å². The highest BCUT2D eigenvalue weighted by Gasteiger charge is 2.26. The third-order valence-electron chi connectivity index (χ3n) is 2.71. The monoisotopic (exact) mass is 248 g/mol. The first kappa shape index (κ1) is 21.3. The molecule has 0 aliphatic heterocycles. The Morgan fingerprint density at radius 2 is 0.867 bits per heavy atom. The zero-order valence-electron chi connectivity index (χ0n) is 10.6. The van der Waals surface area contributed by atoms with Crippen LogP contribution in [-0.2, 0) is 0 Å². The van der Waals surface area contributed by atoms with E-state index >= 15 is 0 Å². The molecule has 0 amide bonds. The maximum Gasteiger partial charge on any atom is 0.0814 e. The Kier molecular flexibility index (Phi) is 10.4. The summed E-state index contributed by atoms with van der Waals surface area (Å²) in [7, 11) is 0.407. The van der Waals surface area contributed by atoms with Crippen LogP contribution in [0.2, 0.25) is 0 Å². The van der Waals surface area contributed by atoms with Gasteiger partial charge in [0.05, 0.1) is 16.8 Å². The number of rotatable bonds is 2. The first-order chi connectivity index (χ1) is 5.55. The highest BCUT2D eigenvalue weighted by Crippen LogP contribution is 2.59. The Labute approximate surface area is 104 Å². The van der Waals surface area contributed by atoms with Gasteiger partial charge < -0.3 is 0 Å². The predicted octanol–water partition coefficient (Wildman–Crippen LogP) is 2.40. The van der Waals surface area contributed by atoms with Crippen LogP contribution in [0.1, 0.15) is 41.5 Å². The standard InChI is InChI=1S/C11H26P2.2BH3/c1-10(2,3)12(7)9-13(8)11(4,5)6;;/h9H2,1-8H3;2*1H3/t12-,13?;;/m1../s1. The molecule has 1 unspecified atom stereocenters. The molecule has 0 aromatic heterocycles. The molecule has 4 heteroatoms. The maximum absolute atomic E-state index is 2.46. The Hall–Kier alpha value is 0.990. The summed E-state index contributed by atoms with van der Waals surface area (Å²) in [6, 6.07) is 0.